The monoisotopic (exact) mass is 282 g/mol. The maximum absolute atomic E-state index is 12.3. The fraction of sp³-hybridized carbons (Fsp3) is 0.583. The van der Waals surface area contributed by atoms with Gasteiger partial charge in [-0.1, -0.05) is 24.4 Å². The van der Waals surface area contributed by atoms with Gasteiger partial charge in [0, 0.05) is 0 Å². The molecule has 0 radical (unpaired) electrons. The van der Waals surface area contributed by atoms with Crippen molar-refractivity contribution < 1.29 is 10.0 Å². The number of amidine groups is 1. The van der Waals surface area contributed by atoms with Gasteiger partial charge in [0.2, 0.25) is 0 Å². The van der Waals surface area contributed by atoms with Crippen LogP contribution in [0.4, 0.5) is 0 Å². The second-order valence-electron chi connectivity index (χ2n) is 4.85. The molecule has 0 aliphatic heterocycles. The van der Waals surface area contributed by atoms with Crippen LogP contribution in [0.2, 0.25) is 0 Å². The highest BCUT2D eigenvalue weighted by atomic mass is 32.1. The van der Waals surface area contributed by atoms with Crippen molar-refractivity contribution in [3.8, 4) is 0 Å². The molecule has 1 heterocycles. The number of nitrogens with one attached hydrogen (secondary N) is 1. The zero-order valence-corrected chi connectivity index (χ0v) is 11.7. The summed E-state index contributed by atoms with van der Waals surface area (Å²) in [6.45, 7) is 1.79. The molecule has 1 fully saturated rings. The summed E-state index contributed by atoms with van der Waals surface area (Å²) in [6.07, 6.45) is 4.42. The molecule has 6 nitrogen and oxygen atoms in total. The van der Waals surface area contributed by atoms with Gasteiger partial charge in [0.25, 0.3) is 5.91 Å². The molecule has 1 aliphatic carbocycles. The molecule has 1 saturated carbocycles. The minimum Gasteiger partial charge on any atom is -0.409 e. The number of aryl methyl sites for hydroxylation is 1. The number of hydrogen-bond acceptors (Lipinski definition) is 5. The lowest BCUT2D eigenvalue weighted by molar-refractivity contribution is 0.0909. The van der Waals surface area contributed by atoms with Crippen molar-refractivity contribution in [2.75, 3.05) is 0 Å². The lowest BCUT2D eigenvalue weighted by atomic mass is 9.80. The number of rotatable bonds is 3. The third-order valence-electron chi connectivity index (χ3n) is 3.61. The minimum absolute atomic E-state index is 0.0859. The average molecular weight is 282 g/mol. The van der Waals surface area contributed by atoms with E-state index in [0.29, 0.717) is 23.4 Å². The van der Waals surface area contributed by atoms with Gasteiger partial charge in [-0.25, -0.2) is 4.98 Å². The van der Waals surface area contributed by atoms with Gasteiger partial charge in [0.1, 0.15) is 10.4 Å². The molecular weight excluding hydrogens is 264 g/mol. The van der Waals surface area contributed by atoms with Crippen molar-refractivity contribution in [2.45, 2.75) is 44.6 Å². The number of hydrogen-bond donors (Lipinski definition) is 3. The molecule has 0 bridgehead atoms. The molecule has 2 rings (SSSR count). The number of oxime groups is 1. The van der Waals surface area contributed by atoms with Crippen molar-refractivity contribution in [3.63, 3.8) is 0 Å². The van der Waals surface area contributed by atoms with E-state index in [1.165, 1.54) is 11.3 Å². The highest BCUT2D eigenvalue weighted by Gasteiger charge is 2.38. The van der Waals surface area contributed by atoms with Crippen molar-refractivity contribution in [2.24, 2.45) is 10.9 Å². The average Bonchev–Trinajstić information content (AvgIpc) is 2.85. The van der Waals surface area contributed by atoms with E-state index >= 15 is 0 Å². The van der Waals surface area contributed by atoms with Crippen LogP contribution in [0.1, 0.15) is 47.5 Å². The van der Waals surface area contributed by atoms with Crippen LogP contribution in [0, 0.1) is 6.92 Å². The lowest BCUT2D eigenvalue weighted by Gasteiger charge is -2.36. The third kappa shape index (κ3) is 2.70. The highest BCUT2D eigenvalue weighted by Crippen LogP contribution is 2.29. The molecular formula is C12H18N4O2S. The van der Waals surface area contributed by atoms with Gasteiger partial charge >= 0.3 is 0 Å². The summed E-state index contributed by atoms with van der Waals surface area (Å²) in [6, 6.07) is 0. The number of nitrogens with two attached hydrogens (primary N) is 1. The van der Waals surface area contributed by atoms with Gasteiger partial charge in [-0.3, -0.25) is 4.79 Å². The maximum Gasteiger partial charge on any atom is 0.264 e. The number of amides is 1. The summed E-state index contributed by atoms with van der Waals surface area (Å²) in [7, 11) is 0. The number of carbonyl (C=O) groups excluding carboxylic acids is 1. The normalized spacial score (nSPS) is 19.1. The summed E-state index contributed by atoms with van der Waals surface area (Å²) < 4.78 is 0. The second kappa shape index (κ2) is 5.56. The van der Waals surface area contributed by atoms with E-state index in [2.05, 4.69) is 15.5 Å². The highest BCUT2D eigenvalue weighted by molar-refractivity contribution is 7.11. The summed E-state index contributed by atoms with van der Waals surface area (Å²) in [4.78, 5) is 16.9. The summed E-state index contributed by atoms with van der Waals surface area (Å²) in [5.74, 6) is -0.115. The molecule has 1 aromatic heterocycles. The number of nitrogens with zero attached hydrogens (tertiary/aromatic N) is 2. The molecule has 1 amide bonds. The van der Waals surface area contributed by atoms with Crippen LogP contribution in [0.5, 0.6) is 0 Å². The molecule has 1 aromatic rings. The number of carbonyl (C=O) groups is 1. The van der Waals surface area contributed by atoms with Crippen LogP contribution in [0.15, 0.2) is 10.7 Å². The van der Waals surface area contributed by atoms with Gasteiger partial charge in [0.05, 0.1) is 11.2 Å². The van der Waals surface area contributed by atoms with Crippen LogP contribution in [0.25, 0.3) is 0 Å². The Bertz CT molecular complexity index is 492. The van der Waals surface area contributed by atoms with Crippen molar-refractivity contribution in [1.82, 2.24) is 10.3 Å². The Balaban J connectivity index is 2.21. The van der Waals surface area contributed by atoms with Gasteiger partial charge in [-0.05, 0) is 19.8 Å². The van der Waals surface area contributed by atoms with Gasteiger partial charge in [0.15, 0.2) is 5.84 Å². The summed E-state index contributed by atoms with van der Waals surface area (Å²) in [5.41, 5.74) is 7.42. The van der Waals surface area contributed by atoms with E-state index in [-0.39, 0.29) is 11.7 Å². The van der Waals surface area contributed by atoms with Crippen molar-refractivity contribution >= 4 is 23.1 Å². The summed E-state index contributed by atoms with van der Waals surface area (Å²) >= 11 is 1.30. The van der Waals surface area contributed by atoms with Crippen LogP contribution in [0.3, 0.4) is 0 Å². The number of aromatic nitrogens is 1. The molecule has 104 valence electrons. The van der Waals surface area contributed by atoms with E-state index in [1.54, 1.807) is 12.4 Å². The molecule has 0 atom stereocenters. The van der Waals surface area contributed by atoms with Gasteiger partial charge in [-0.15, -0.1) is 11.3 Å². The fourth-order valence-electron chi connectivity index (χ4n) is 2.49. The maximum atomic E-state index is 12.3. The first-order valence-corrected chi connectivity index (χ1v) is 7.17. The number of thiazole rings is 1. The summed E-state index contributed by atoms with van der Waals surface area (Å²) in [5, 5.41) is 15.0. The molecule has 0 saturated heterocycles. The Hall–Kier alpha value is -1.63. The van der Waals surface area contributed by atoms with Crippen LogP contribution in [-0.4, -0.2) is 27.5 Å². The third-order valence-corrected chi connectivity index (χ3v) is 4.54. The van der Waals surface area contributed by atoms with Crippen molar-refractivity contribution in [1.29, 1.82) is 0 Å². The first-order chi connectivity index (χ1) is 9.09. The van der Waals surface area contributed by atoms with E-state index in [1.807, 2.05) is 0 Å². The molecule has 1 aliphatic rings. The Morgan fingerprint density at radius 2 is 2.21 bits per heavy atom. The molecule has 0 spiro atoms. The van der Waals surface area contributed by atoms with Crippen molar-refractivity contribution in [3.05, 3.63) is 16.1 Å². The Kier molecular flexibility index (Phi) is 4.04. The minimum atomic E-state index is -0.722. The largest absolute Gasteiger partial charge is 0.409 e. The zero-order valence-electron chi connectivity index (χ0n) is 10.8. The quantitative estimate of drug-likeness (QED) is 0.339. The van der Waals surface area contributed by atoms with Gasteiger partial charge in [-0.2, -0.15) is 0 Å². The fourth-order valence-corrected chi connectivity index (χ4v) is 3.19. The van der Waals surface area contributed by atoms with Crippen LogP contribution < -0.4 is 11.1 Å². The standard InChI is InChI=1S/C12H18N4O2S/c1-8-9(19-7-14-8)10(17)15-12(11(13)16-18)5-3-2-4-6-12/h7,18H,2-6H2,1H3,(H2,13,16)(H,15,17). The first kappa shape index (κ1) is 13.8. The van der Waals surface area contributed by atoms with E-state index in [4.69, 9.17) is 10.9 Å². The zero-order chi connectivity index (χ0) is 13.9. The van der Waals surface area contributed by atoms with Crippen LogP contribution >= 0.6 is 11.3 Å². The van der Waals surface area contributed by atoms with E-state index in [0.717, 1.165) is 19.3 Å². The predicted octanol–water partition coefficient (Wildman–Crippen LogP) is 1.63. The van der Waals surface area contributed by atoms with Gasteiger partial charge < -0.3 is 16.3 Å². The molecule has 0 aromatic carbocycles. The first-order valence-electron chi connectivity index (χ1n) is 6.30. The lowest BCUT2D eigenvalue weighted by Crippen LogP contribution is -2.58. The second-order valence-corrected chi connectivity index (χ2v) is 5.70. The molecule has 7 heteroatoms. The molecule has 4 N–H and O–H groups in total. The molecule has 0 unspecified atom stereocenters. The Morgan fingerprint density at radius 3 is 2.74 bits per heavy atom. The predicted molar refractivity (Wildman–Crippen MR) is 73.5 cm³/mol. The molecule has 19 heavy (non-hydrogen) atoms. The van der Waals surface area contributed by atoms with E-state index < -0.39 is 5.54 Å². The SMILES string of the molecule is Cc1ncsc1C(=O)NC1(/C(N)=N/O)CCCCC1. The van der Waals surface area contributed by atoms with Crippen LogP contribution in [-0.2, 0) is 0 Å². The Morgan fingerprint density at radius 1 is 1.53 bits per heavy atom. The Labute approximate surface area is 115 Å². The topological polar surface area (TPSA) is 101 Å². The smallest absolute Gasteiger partial charge is 0.264 e. The van der Waals surface area contributed by atoms with E-state index in [9.17, 15) is 4.79 Å².